The lowest BCUT2D eigenvalue weighted by atomic mass is 9.85. The van der Waals surface area contributed by atoms with Crippen molar-refractivity contribution in [2.45, 2.75) is 117 Å². The van der Waals surface area contributed by atoms with Crippen molar-refractivity contribution in [3.05, 3.63) is 23.9 Å². The van der Waals surface area contributed by atoms with Gasteiger partial charge in [0, 0.05) is 12.0 Å². The molecule has 6 atom stereocenters. The highest BCUT2D eigenvalue weighted by atomic mass is 16.6. The summed E-state index contributed by atoms with van der Waals surface area (Å²) in [6.07, 6.45) is 5.49. The van der Waals surface area contributed by atoms with Crippen LogP contribution in [0.1, 0.15) is 92.2 Å². The van der Waals surface area contributed by atoms with E-state index in [4.69, 9.17) is 28.9 Å². The van der Waals surface area contributed by atoms with E-state index in [2.05, 4.69) is 5.32 Å². The Morgan fingerprint density at radius 1 is 1.09 bits per heavy atom. The first-order chi connectivity index (χ1) is 22.4. The van der Waals surface area contributed by atoms with Gasteiger partial charge in [0.25, 0.3) is 0 Å². The fourth-order valence-corrected chi connectivity index (χ4v) is 6.77. The topological polar surface area (TPSA) is 129 Å². The second-order valence-electron chi connectivity index (χ2n) is 14.9. The van der Waals surface area contributed by atoms with E-state index in [-0.39, 0.29) is 37.0 Å². The standard InChI is InChI=1S/C36H52N4O7/c1-8-12-24-29-19-40(30(24)34(42)45-20-21(2)3)33(41)31(36(4,5)6)39-35(43)47-28-17-22(28)13-10-9-11-14-26-32(46-29)38-27-18-23(44-7)15-16-25(27)37-26/h15-16,18,21-22,24,28-31H,8-14,17,19-20H2,1-7H3,(H,39,43)/t22-,24-,28-,29+,30+,31-/m1/s1. The maximum atomic E-state index is 14.5. The summed E-state index contributed by atoms with van der Waals surface area (Å²) >= 11 is 0. The molecule has 11 nitrogen and oxygen atoms in total. The minimum Gasteiger partial charge on any atom is -0.497 e. The third-order valence-electron chi connectivity index (χ3n) is 9.45. The highest BCUT2D eigenvalue weighted by Crippen LogP contribution is 2.39. The number of carbonyl (C=O) groups excluding carboxylic acids is 3. The molecule has 1 aromatic carbocycles. The molecule has 0 unspecified atom stereocenters. The fraction of sp³-hybridized carbons (Fsp3) is 0.694. The number of benzene rings is 1. The molecule has 5 rings (SSSR count). The zero-order valence-electron chi connectivity index (χ0n) is 29.0. The van der Waals surface area contributed by atoms with Crippen LogP contribution in [-0.4, -0.2) is 77.4 Å². The molecule has 1 aromatic heterocycles. The molecule has 3 heterocycles. The van der Waals surface area contributed by atoms with Gasteiger partial charge < -0.3 is 29.2 Å². The minimum atomic E-state index is -0.934. The molecule has 3 aliphatic rings. The lowest BCUT2D eigenvalue weighted by molar-refractivity contribution is -0.157. The molecule has 47 heavy (non-hydrogen) atoms. The molecule has 2 amide bonds. The first-order valence-electron chi connectivity index (χ1n) is 17.3. The van der Waals surface area contributed by atoms with Gasteiger partial charge in [-0.3, -0.25) is 4.79 Å². The summed E-state index contributed by atoms with van der Waals surface area (Å²) in [5.41, 5.74) is 1.49. The zero-order chi connectivity index (χ0) is 33.9. The number of fused-ring (bicyclic) bond motifs is 5. The molecule has 11 heteroatoms. The molecule has 1 saturated heterocycles. The summed E-state index contributed by atoms with van der Waals surface area (Å²) in [4.78, 5) is 53.0. The Balaban J connectivity index is 1.57. The van der Waals surface area contributed by atoms with Gasteiger partial charge in [-0.1, -0.05) is 60.8 Å². The number of hydrogen-bond donors (Lipinski definition) is 1. The number of ether oxygens (including phenoxy) is 4. The zero-order valence-corrected chi connectivity index (χ0v) is 29.0. The largest absolute Gasteiger partial charge is 0.497 e. The average Bonchev–Trinajstić information content (AvgIpc) is 3.66. The van der Waals surface area contributed by atoms with Crippen LogP contribution in [0.2, 0.25) is 0 Å². The smallest absolute Gasteiger partial charge is 0.408 e. The molecular weight excluding hydrogens is 600 g/mol. The first kappa shape index (κ1) is 34.7. The van der Waals surface area contributed by atoms with E-state index in [1.54, 1.807) is 12.0 Å². The second kappa shape index (κ2) is 14.6. The Hall–Kier alpha value is -3.63. The number of aromatic nitrogens is 2. The highest BCUT2D eigenvalue weighted by Gasteiger charge is 2.52. The second-order valence-corrected chi connectivity index (χ2v) is 14.9. The maximum absolute atomic E-state index is 14.5. The molecule has 2 fully saturated rings. The number of alkyl carbamates (subject to hydrolysis) is 1. The summed E-state index contributed by atoms with van der Waals surface area (Å²) in [5, 5.41) is 2.87. The lowest BCUT2D eigenvalue weighted by Crippen LogP contribution is -2.57. The van der Waals surface area contributed by atoms with Crippen molar-refractivity contribution in [2.75, 3.05) is 20.3 Å². The molecule has 1 N–H and O–H groups in total. The normalized spacial score (nSPS) is 27.1. The first-order valence-corrected chi connectivity index (χ1v) is 17.3. The minimum absolute atomic E-state index is 0.126. The van der Waals surface area contributed by atoms with Crippen molar-refractivity contribution in [3.8, 4) is 11.6 Å². The Bertz CT molecular complexity index is 1440. The van der Waals surface area contributed by atoms with E-state index >= 15 is 0 Å². The van der Waals surface area contributed by atoms with E-state index in [9.17, 15) is 14.4 Å². The van der Waals surface area contributed by atoms with Crippen molar-refractivity contribution in [1.82, 2.24) is 20.2 Å². The van der Waals surface area contributed by atoms with Crippen LogP contribution in [0.3, 0.4) is 0 Å². The number of esters is 1. The van der Waals surface area contributed by atoms with Crippen molar-refractivity contribution in [1.29, 1.82) is 0 Å². The van der Waals surface area contributed by atoms with Gasteiger partial charge in [-0.15, -0.1) is 0 Å². The van der Waals surface area contributed by atoms with E-state index in [0.29, 0.717) is 35.9 Å². The van der Waals surface area contributed by atoms with Gasteiger partial charge in [0.15, 0.2) is 0 Å². The Morgan fingerprint density at radius 2 is 1.87 bits per heavy atom. The molecular formula is C36H52N4O7. The Morgan fingerprint density at radius 3 is 2.57 bits per heavy atom. The molecule has 1 aliphatic carbocycles. The van der Waals surface area contributed by atoms with E-state index in [0.717, 1.165) is 49.7 Å². The van der Waals surface area contributed by atoms with Crippen LogP contribution >= 0.6 is 0 Å². The van der Waals surface area contributed by atoms with Gasteiger partial charge in [-0.05, 0) is 61.5 Å². The monoisotopic (exact) mass is 652 g/mol. The summed E-state index contributed by atoms with van der Waals surface area (Å²) in [6.45, 7) is 12.1. The summed E-state index contributed by atoms with van der Waals surface area (Å²) in [6, 6.07) is 3.78. The van der Waals surface area contributed by atoms with E-state index in [1.165, 1.54) is 0 Å². The predicted molar refractivity (Wildman–Crippen MR) is 177 cm³/mol. The van der Waals surface area contributed by atoms with Crippen LogP contribution in [0.5, 0.6) is 11.6 Å². The van der Waals surface area contributed by atoms with Crippen molar-refractivity contribution < 1.29 is 33.3 Å². The molecule has 2 bridgehead atoms. The summed E-state index contributed by atoms with van der Waals surface area (Å²) in [7, 11) is 1.61. The number of carbonyl (C=O) groups is 3. The SMILES string of the molecule is CCC[C@@H]1[C@@H]2CN(C(=O)[C@H](C(C)(C)C)NC(=O)O[C@@H]3C[C@H]3CCCCCc3nc4ccc(OC)cc4nc3O2)[C@@H]1C(=O)OCC(C)C. The van der Waals surface area contributed by atoms with Crippen LogP contribution in [0.25, 0.3) is 11.0 Å². The molecule has 258 valence electrons. The molecule has 0 radical (unpaired) electrons. The van der Waals surface area contributed by atoms with Crippen LogP contribution in [0.15, 0.2) is 18.2 Å². The number of nitrogens with zero attached hydrogens (tertiary/aromatic N) is 3. The quantitative estimate of drug-likeness (QED) is 0.382. The number of nitrogens with one attached hydrogen (secondary N) is 1. The van der Waals surface area contributed by atoms with Crippen LogP contribution in [-0.2, 0) is 25.5 Å². The van der Waals surface area contributed by atoms with Gasteiger partial charge in [0.05, 0.1) is 31.3 Å². The Labute approximate surface area is 278 Å². The Kier molecular flexibility index (Phi) is 10.8. The molecule has 2 aliphatic heterocycles. The number of amides is 2. The number of hydrogen-bond acceptors (Lipinski definition) is 9. The van der Waals surface area contributed by atoms with Crippen LogP contribution in [0, 0.1) is 23.2 Å². The summed E-state index contributed by atoms with van der Waals surface area (Å²) in [5.74, 6) is 0.343. The third-order valence-corrected chi connectivity index (χ3v) is 9.45. The lowest BCUT2D eigenvalue weighted by Gasteiger charge is -2.35. The third kappa shape index (κ3) is 8.27. The molecule has 2 aromatic rings. The van der Waals surface area contributed by atoms with Gasteiger partial charge in [-0.25, -0.2) is 19.6 Å². The van der Waals surface area contributed by atoms with Crippen LogP contribution in [0.4, 0.5) is 4.79 Å². The van der Waals surface area contributed by atoms with Gasteiger partial charge in [-0.2, -0.15) is 0 Å². The van der Waals surface area contributed by atoms with Gasteiger partial charge in [0.2, 0.25) is 11.8 Å². The highest BCUT2D eigenvalue weighted by molar-refractivity contribution is 5.91. The predicted octanol–water partition coefficient (Wildman–Crippen LogP) is 5.86. The fourth-order valence-electron chi connectivity index (χ4n) is 6.77. The average molecular weight is 653 g/mol. The maximum Gasteiger partial charge on any atom is 0.408 e. The van der Waals surface area contributed by atoms with Crippen molar-refractivity contribution >= 4 is 29.0 Å². The van der Waals surface area contributed by atoms with E-state index < -0.39 is 35.7 Å². The van der Waals surface area contributed by atoms with Crippen molar-refractivity contribution in [3.63, 3.8) is 0 Å². The number of methoxy groups -OCH3 is 1. The van der Waals surface area contributed by atoms with Crippen molar-refractivity contribution in [2.24, 2.45) is 23.2 Å². The van der Waals surface area contributed by atoms with Gasteiger partial charge in [0.1, 0.15) is 35.7 Å². The molecule has 1 saturated carbocycles. The number of rotatable bonds is 6. The molecule has 0 spiro atoms. The van der Waals surface area contributed by atoms with E-state index in [1.807, 2.05) is 59.7 Å². The summed E-state index contributed by atoms with van der Waals surface area (Å²) < 4.78 is 23.8. The van der Waals surface area contributed by atoms with Gasteiger partial charge >= 0.3 is 12.1 Å². The number of aryl methyl sites for hydroxylation is 1. The van der Waals surface area contributed by atoms with Crippen LogP contribution < -0.4 is 14.8 Å².